The van der Waals surface area contributed by atoms with Gasteiger partial charge in [0.05, 0.1) is 5.69 Å². The standard InChI is InChI=1S/C13H18N4O/c1-13(2,3)10-7-12(16-9-15-10)18-8-11-14-5-6-17(11)4/h5-7,9H,8H2,1-4H3. The molecule has 2 heterocycles. The molecule has 2 aromatic rings. The van der Waals surface area contributed by atoms with Crippen molar-refractivity contribution in [3.63, 3.8) is 0 Å². The van der Waals surface area contributed by atoms with E-state index in [-0.39, 0.29) is 5.41 Å². The minimum atomic E-state index is -0.00965. The molecule has 2 rings (SSSR count). The van der Waals surface area contributed by atoms with Gasteiger partial charge in [-0.3, -0.25) is 0 Å². The second-order valence-corrected chi connectivity index (χ2v) is 5.23. The minimum absolute atomic E-state index is 0.00965. The summed E-state index contributed by atoms with van der Waals surface area (Å²) >= 11 is 0. The molecule has 0 aliphatic rings. The number of imidazole rings is 1. The van der Waals surface area contributed by atoms with Crippen molar-refractivity contribution < 1.29 is 4.74 Å². The first-order valence-electron chi connectivity index (χ1n) is 5.88. The van der Waals surface area contributed by atoms with E-state index < -0.39 is 0 Å². The molecule has 0 fully saturated rings. The van der Waals surface area contributed by atoms with Crippen molar-refractivity contribution in [2.24, 2.45) is 7.05 Å². The van der Waals surface area contributed by atoms with Gasteiger partial charge in [-0.1, -0.05) is 20.8 Å². The van der Waals surface area contributed by atoms with Gasteiger partial charge < -0.3 is 9.30 Å². The fraction of sp³-hybridized carbons (Fsp3) is 0.462. The molecular formula is C13H18N4O. The van der Waals surface area contributed by atoms with Crippen LogP contribution in [0.25, 0.3) is 0 Å². The van der Waals surface area contributed by atoms with E-state index >= 15 is 0 Å². The Bertz CT molecular complexity index is 528. The van der Waals surface area contributed by atoms with E-state index in [0.29, 0.717) is 12.5 Å². The number of hydrogen-bond acceptors (Lipinski definition) is 4. The number of nitrogens with zero attached hydrogens (tertiary/aromatic N) is 4. The molecule has 0 radical (unpaired) electrons. The van der Waals surface area contributed by atoms with Gasteiger partial charge >= 0.3 is 0 Å². The van der Waals surface area contributed by atoms with Crippen molar-refractivity contribution in [3.05, 3.63) is 36.3 Å². The Morgan fingerprint density at radius 2 is 2.00 bits per heavy atom. The van der Waals surface area contributed by atoms with Gasteiger partial charge in [-0.15, -0.1) is 0 Å². The van der Waals surface area contributed by atoms with Gasteiger partial charge in [0.2, 0.25) is 5.88 Å². The monoisotopic (exact) mass is 246 g/mol. The van der Waals surface area contributed by atoms with Crippen LogP contribution in [0.1, 0.15) is 32.3 Å². The maximum absolute atomic E-state index is 5.63. The molecule has 0 N–H and O–H groups in total. The molecule has 96 valence electrons. The maximum atomic E-state index is 5.63. The lowest BCUT2D eigenvalue weighted by Gasteiger charge is -2.17. The largest absolute Gasteiger partial charge is 0.469 e. The lowest BCUT2D eigenvalue weighted by Crippen LogP contribution is -2.14. The van der Waals surface area contributed by atoms with Crippen LogP contribution in [0.2, 0.25) is 0 Å². The normalized spacial score (nSPS) is 11.6. The molecule has 2 aromatic heterocycles. The van der Waals surface area contributed by atoms with Crippen molar-refractivity contribution in [2.45, 2.75) is 32.8 Å². The van der Waals surface area contributed by atoms with E-state index in [0.717, 1.165) is 11.5 Å². The molecule has 5 heteroatoms. The van der Waals surface area contributed by atoms with E-state index in [9.17, 15) is 0 Å². The Labute approximate surface area is 107 Å². The highest BCUT2D eigenvalue weighted by Crippen LogP contribution is 2.22. The molecule has 18 heavy (non-hydrogen) atoms. The Morgan fingerprint density at radius 1 is 1.22 bits per heavy atom. The summed E-state index contributed by atoms with van der Waals surface area (Å²) in [5.41, 5.74) is 0.955. The zero-order valence-electron chi connectivity index (χ0n) is 11.2. The topological polar surface area (TPSA) is 52.8 Å². The molecule has 0 aliphatic carbocycles. The zero-order valence-corrected chi connectivity index (χ0v) is 11.2. The Hall–Kier alpha value is -1.91. The first kappa shape index (κ1) is 12.5. The van der Waals surface area contributed by atoms with Crippen LogP contribution in [-0.2, 0) is 19.1 Å². The summed E-state index contributed by atoms with van der Waals surface area (Å²) in [6.45, 7) is 6.73. The van der Waals surface area contributed by atoms with Gasteiger partial charge in [-0.25, -0.2) is 15.0 Å². The summed E-state index contributed by atoms with van der Waals surface area (Å²) < 4.78 is 7.56. The summed E-state index contributed by atoms with van der Waals surface area (Å²) in [4.78, 5) is 12.6. The highest BCUT2D eigenvalue weighted by molar-refractivity contribution is 5.19. The molecule has 0 atom stereocenters. The summed E-state index contributed by atoms with van der Waals surface area (Å²) in [7, 11) is 1.94. The van der Waals surface area contributed by atoms with Crippen LogP contribution in [0, 0.1) is 0 Å². The van der Waals surface area contributed by atoms with Gasteiger partial charge in [0.15, 0.2) is 0 Å². The predicted molar refractivity (Wildman–Crippen MR) is 68.3 cm³/mol. The molecule has 0 amide bonds. The summed E-state index contributed by atoms with van der Waals surface area (Å²) in [5.74, 6) is 1.45. The van der Waals surface area contributed by atoms with Gasteiger partial charge in [0.1, 0.15) is 18.8 Å². The van der Waals surface area contributed by atoms with E-state index in [2.05, 4.69) is 35.7 Å². The van der Waals surface area contributed by atoms with Crippen LogP contribution >= 0.6 is 0 Å². The molecule has 0 aromatic carbocycles. The van der Waals surface area contributed by atoms with Crippen molar-refractivity contribution in [3.8, 4) is 5.88 Å². The smallest absolute Gasteiger partial charge is 0.217 e. The Morgan fingerprint density at radius 3 is 2.61 bits per heavy atom. The maximum Gasteiger partial charge on any atom is 0.217 e. The summed E-state index contributed by atoms with van der Waals surface area (Å²) in [5, 5.41) is 0. The Balaban J connectivity index is 2.09. The molecular weight excluding hydrogens is 228 g/mol. The van der Waals surface area contributed by atoms with E-state index in [1.54, 1.807) is 6.20 Å². The lowest BCUT2D eigenvalue weighted by atomic mass is 9.92. The van der Waals surface area contributed by atoms with Gasteiger partial charge in [0.25, 0.3) is 0 Å². The van der Waals surface area contributed by atoms with Crippen LogP contribution in [0.15, 0.2) is 24.8 Å². The average molecular weight is 246 g/mol. The first-order valence-corrected chi connectivity index (χ1v) is 5.88. The predicted octanol–water partition coefficient (Wildman–Crippen LogP) is 2.09. The van der Waals surface area contributed by atoms with Crippen molar-refractivity contribution >= 4 is 0 Å². The molecule has 0 saturated heterocycles. The Kier molecular flexibility index (Phi) is 3.32. The summed E-state index contributed by atoms with van der Waals surface area (Å²) in [6, 6.07) is 1.88. The van der Waals surface area contributed by atoms with E-state index in [1.165, 1.54) is 6.33 Å². The van der Waals surface area contributed by atoms with Crippen molar-refractivity contribution in [2.75, 3.05) is 0 Å². The summed E-state index contributed by atoms with van der Waals surface area (Å²) in [6.07, 6.45) is 5.17. The third-order valence-electron chi connectivity index (χ3n) is 2.68. The second kappa shape index (κ2) is 4.76. The third-order valence-corrected chi connectivity index (χ3v) is 2.68. The number of rotatable bonds is 3. The molecule has 0 saturated carbocycles. The van der Waals surface area contributed by atoms with Gasteiger partial charge in [0, 0.05) is 30.9 Å². The molecule has 0 aliphatic heterocycles. The van der Waals surface area contributed by atoms with Gasteiger partial charge in [-0.2, -0.15) is 0 Å². The molecule has 0 bridgehead atoms. The highest BCUT2D eigenvalue weighted by Gasteiger charge is 2.16. The average Bonchev–Trinajstić information content (AvgIpc) is 2.72. The highest BCUT2D eigenvalue weighted by atomic mass is 16.5. The SMILES string of the molecule is Cn1ccnc1COc1cc(C(C)(C)C)ncn1. The quantitative estimate of drug-likeness (QED) is 0.832. The fourth-order valence-electron chi connectivity index (χ4n) is 1.50. The van der Waals surface area contributed by atoms with E-state index in [4.69, 9.17) is 4.74 Å². The van der Waals surface area contributed by atoms with Crippen LogP contribution in [0.3, 0.4) is 0 Å². The fourth-order valence-corrected chi connectivity index (χ4v) is 1.50. The molecule has 0 spiro atoms. The van der Waals surface area contributed by atoms with Crippen LogP contribution < -0.4 is 4.74 Å². The van der Waals surface area contributed by atoms with Crippen LogP contribution in [0.5, 0.6) is 5.88 Å². The molecule has 5 nitrogen and oxygen atoms in total. The molecule has 0 unspecified atom stereocenters. The number of hydrogen-bond donors (Lipinski definition) is 0. The van der Waals surface area contributed by atoms with Crippen LogP contribution in [0.4, 0.5) is 0 Å². The second-order valence-electron chi connectivity index (χ2n) is 5.23. The zero-order chi connectivity index (χ0) is 13.2. The third kappa shape index (κ3) is 2.85. The van der Waals surface area contributed by atoms with Crippen molar-refractivity contribution in [1.29, 1.82) is 0 Å². The lowest BCUT2D eigenvalue weighted by molar-refractivity contribution is 0.278. The minimum Gasteiger partial charge on any atom is -0.469 e. The number of aryl methyl sites for hydroxylation is 1. The first-order chi connectivity index (χ1) is 8.47. The van der Waals surface area contributed by atoms with Crippen LogP contribution in [-0.4, -0.2) is 19.5 Å². The van der Waals surface area contributed by atoms with E-state index in [1.807, 2.05) is 23.9 Å². The number of aromatic nitrogens is 4. The number of ether oxygens (including phenoxy) is 1. The van der Waals surface area contributed by atoms with Gasteiger partial charge in [-0.05, 0) is 0 Å². The van der Waals surface area contributed by atoms with Crippen molar-refractivity contribution in [1.82, 2.24) is 19.5 Å².